The molecule has 0 spiro atoms. The Bertz CT molecular complexity index is 416. The van der Waals surface area contributed by atoms with Crippen LogP contribution in [-0.2, 0) is 18.8 Å². The zero-order valence-electron chi connectivity index (χ0n) is 11.6. The van der Waals surface area contributed by atoms with Crippen molar-refractivity contribution in [3.05, 3.63) is 12.1 Å². The number of cyclic esters (lactones) is 1. The summed E-state index contributed by atoms with van der Waals surface area (Å²) >= 11 is 0. The van der Waals surface area contributed by atoms with Crippen LogP contribution in [0.4, 0.5) is 4.79 Å². The number of imide groups is 1. The molecule has 2 aliphatic heterocycles. The van der Waals surface area contributed by atoms with Gasteiger partial charge in [0.1, 0.15) is 6.61 Å². The maximum atomic E-state index is 11.8. The maximum Gasteiger partial charge on any atom is 0.487 e. The molecule has 6 nitrogen and oxygen atoms in total. The van der Waals surface area contributed by atoms with Gasteiger partial charge in [0.2, 0.25) is 0 Å². The Balaban J connectivity index is 1.97. The van der Waals surface area contributed by atoms with Crippen molar-refractivity contribution in [2.24, 2.45) is 0 Å². The van der Waals surface area contributed by atoms with Gasteiger partial charge in [0.05, 0.1) is 17.7 Å². The number of amides is 2. The van der Waals surface area contributed by atoms with Crippen LogP contribution in [0.5, 0.6) is 0 Å². The van der Waals surface area contributed by atoms with Gasteiger partial charge in [-0.15, -0.1) is 0 Å². The van der Waals surface area contributed by atoms with Gasteiger partial charge in [0, 0.05) is 0 Å². The van der Waals surface area contributed by atoms with Crippen LogP contribution >= 0.6 is 0 Å². The number of carbonyl (C=O) groups excluding carboxylic acids is 2. The molecular formula is C12H18BNO5. The van der Waals surface area contributed by atoms with Gasteiger partial charge in [-0.05, 0) is 39.7 Å². The monoisotopic (exact) mass is 267 g/mol. The highest BCUT2D eigenvalue weighted by Gasteiger charge is 2.50. The minimum absolute atomic E-state index is 0.245. The lowest BCUT2D eigenvalue weighted by atomic mass is 9.90. The van der Waals surface area contributed by atoms with E-state index in [0.717, 1.165) is 4.90 Å². The molecule has 2 rings (SSSR count). The average molecular weight is 267 g/mol. The Morgan fingerprint density at radius 3 is 2.32 bits per heavy atom. The fraction of sp³-hybridized carbons (Fsp3) is 0.667. The van der Waals surface area contributed by atoms with Gasteiger partial charge in [-0.25, -0.2) is 9.69 Å². The van der Waals surface area contributed by atoms with E-state index >= 15 is 0 Å². The van der Waals surface area contributed by atoms with Gasteiger partial charge in [-0.3, -0.25) is 4.79 Å². The fourth-order valence-corrected chi connectivity index (χ4v) is 1.81. The summed E-state index contributed by atoms with van der Waals surface area (Å²) in [5.41, 5.74) is -0.894. The molecule has 2 saturated heterocycles. The Labute approximate surface area is 112 Å². The average Bonchev–Trinajstić information content (AvgIpc) is 2.78. The lowest BCUT2D eigenvalue weighted by Crippen LogP contribution is -2.41. The van der Waals surface area contributed by atoms with Crippen LogP contribution in [0.15, 0.2) is 12.1 Å². The first-order chi connectivity index (χ1) is 8.73. The number of ether oxygens (including phenoxy) is 1. The van der Waals surface area contributed by atoms with Crippen molar-refractivity contribution in [1.82, 2.24) is 4.90 Å². The summed E-state index contributed by atoms with van der Waals surface area (Å²) in [6.45, 7) is 8.25. The van der Waals surface area contributed by atoms with Crippen LogP contribution in [0.2, 0.25) is 0 Å². The SMILES string of the molecule is CC1(C)OB(/C=C/C(=O)N2CCOC2=O)OC1(C)C. The Morgan fingerprint density at radius 1 is 1.26 bits per heavy atom. The number of hydrogen-bond donors (Lipinski definition) is 0. The van der Waals surface area contributed by atoms with Crippen molar-refractivity contribution < 1.29 is 23.6 Å². The third kappa shape index (κ3) is 2.67. The van der Waals surface area contributed by atoms with E-state index in [9.17, 15) is 9.59 Å². The largest absolute Gasteiger partial charge is 0.487 e. The summed E-state index contributed by atoms with van der Waals surface area (Å²) in [6, 6.07) is 0. The highest BCUT2D eigenvalue weighted by Crippen LogP contribution is 2.36. The second kappa shape index (κ2) is 4.65. The van der Waals surface area contributed by atoms with Crippen LogP contribution in [0, 0.1) is 0 Å². The van der Waals surface area contributed by atoms with Crippen LogP contribution < -0.4 is 0 Å². The first kappa shape index (κ1) is 14.1. The second-order valence-corrected chi connectivity index (χ2v) is 5.59. The number of hydrogen-bond acceptors (Lipinski definition) is 5. The van der Waals surface area contributed by atoms with Crippen molar-refractivity contribution in [2.45, 2.75) is 38.9 Å². The highest BCUT2D eigenvalue weighted by molar-refractivity contribution is 6.52. The molecule has 0 aromatic carbocycles. The third-order valence-electron chi connectivity index (χ3n) is 3.69. The van der Waals surface area contributed by atoms with Gasteiger partial charge < -0.3 is 14.0 Å². The predicted octanol–water partition coefficient (Wildman–Crippen LogP) is 1.15. The quantitative estimate of drug-likeness (QED) is 0.554. The summed E-state index contributed by atoms with van der Waals surface area (Å²) in [4.78, 5) is 24.0. The fourth-order valence-electron chi connectivity index (χ4n) is 1.81. The molecule has 0 aromatic heterocycles. The van der Waals surface area contributed by atoms with Crippen molar-refractivity contribution in [3.63, 3.8) is 0 Å². The normalized spacial score (nSPS) is 25.2. The Morgan fingerprint density at radius 2 is 1.84 bits per heavy atom. The van der Waals surface area contributed by atoms with Crippen LogP contribution in [-0.4, -0.2) is 48.4 Å². The molecule has 19 heavy (non-hydrogen) atoms. The van der Waals surface area contributed by atoms with E-state index in [2.05, 4.69) is 0 Å². The molecule has 2 heterocycles. The molecule has 0 bridgehead atoms. The summed E-state index contributed by atoms with van der Waals surface area (Å²) in [6.07, 6.45) is 0.679. The van der Waals surface area contributed by atoms with Crippen LogP contribution in [0.1, 0.15) is 27.7 Å². The van der Waals surface area contributed by atoms with Crippen LogP contribution in [0.25, 0.3) is 0 Å². The zero-order chi connectivity index (χ0) is 14.3. The summed E-state index contributed by atoms with van der Waals surface area (Å²) in [5.74, 6) is 1.10. The van der Waals surface area contributed by atoms with Crippen LogP contribution in [0.3, 0.4) is 0 Å². The lowest BCUT2D eigenvalue weighted by molar-refractivity contribution is -0.122. The topological polar surface area (TPSA) is 65.1 Å². The maximum absolute atomic E-state index is 11.8. The van der Waals surface area contributed by atoms with E-state index in [1.165, 1.54) is 12.1 Å². The molecule has 0 unspecified atom stereocenters. The van der Waals surface area contributed by atoms with Crippen molar-refractivity contribution in [1.29, 1.82) is 0 Å². The predicted molar refractivity (Wildman–Crippen MR) is 68.3 cm³/mol. The summed E-state index contributed by atoms with van der Waals surface area (Å²) in [5, 5.41) is 0. The molecule has 2 amide bonds. The smallest absolute Gasteiger partial charge is 0.447 e. The molecule has 0 aliphatic carbocycles. The first-order valence-corrected chi connectivity index (χ1v) is 6.25. The van der Waals surface area contributed by atoms with Gasteiger partial charge in [0.15, 0.2) is 0 Å². The molecular weight excluding hydrogens is 249 g/mol. The van der Waals surface area contributed by atoms with E-state index in [1.807, 2.05) is 27.7 Å². The van der Waals surface area contributed by atoms with Crippen molar-refractivity contribution >= 4 is 19.1 Å². The zero-order valence-corrected chi connectivity index (χ0v) is 11.6. The van der Waals surface area contributed by atoms with Gasteiger partial charge in [0.25, 0.3) is 5.91 Å². The molecule has 0 aromatic rings. The molecule has 0 atom stereocenters. The van der Waals surface area contributed by atoms with Crippen molar-refractivity contribution in [2.75, 3.05) is 13.2 Å². The standard InChI is InChI=1S/C12H18BNO5/c1-11(2)12(3,4)19-13(18-11)6-5-9(15)14-7-8-17-10(14)16/h5-6H,7-8H2,1-4H3/b6-5+. The number of rotatable bonds is 2. The first-order valence-electron chi connectivity index (χ1n) is 6.25. The van der Waals surface area contributed by atoms with E-state index in [0.29, 0.717) is 0 Å². The van der Waals surface area contributed by atoms with Gasteiger partial charge >= 0.3 is 13.2 Å². The highest BCUT2D eigenvalue weighted by atomic mass is 16.7. The molecule has 0 N–H and O–H groups in total. The molecule has 0 radical (unpaired) electrons. The minimum atomic E-state index is -0.608. The number of nitrogens with zero attached hydrogens (tertiary/aromatic N) is 1. The van der Waals surface area contributed by atoms with Gasteiger partial charge in [-0.1, -0.05) is 0 Å². The minimum Gasteiger partial charge on any atom is -0.447 e. The molecule has 7 heteroatoms. The third-order valence-corrected chi connectivity index (χ3v) is 3.69. The molecule has 2 fully saturated rings. The van der Waals surface area contributed by atoms with E-state index in [-0.39, 0.29) is 13.2 Å². The summed E-state index contributed by atoms with van der Waals surface area (Å²) in [7, 11) is -0.590. The van der Waals surface area contributed by atoms with E-state index in [1.54, 1.807) is 0 Å². The van der Waals surface area contributed by atoms with E-state index < -0.39 is 30.3 Å². The lowest BCUT2D eigenvalue weighted by Gasteiger charge is -2.32. The summed E-state index contributed by atoms with van der Waals surface area (Å²) < 4.78 is 16.1. The second-order valence-electron chi connectivity index (χ2n) is 5.59. The molecule has 2 aliphatic rings. The molecule has 104 valence electrons. The molecule has 0 saturated carbocycles. The Hall–Kier alpha value is -1.34. The number of carbonyl (C=O) groups is 2. The van der Waals surface area contributed by atoms with Crippen molar-refractivity contribution in [3.8, 4) is 0 Å². The van der Waals surface area contributed by atoms with Gasteiger partial charge in [-0.2, -0.15) is 0 Å². The van der Waals surface area contributed by atoms with E-state index in [4.69, 9.17) is 14.0 Å². The Kier molecular flexibility index (Phi) is 3.44.